The van der Waals surface area contributed by atoms with E-state index in [-0.39, 0.29) is 29.6 Å². The van der Waals surface area contributed by atoms with E-state index in [0.29, 0.717) is 64.3 Å². The summed E-state index contributed by atoms with van der Waals surface area (Å²) in [6, 6.07) is 13.2. The third kappa shape index (κ3) is 5.60. The van der Waals surface area contributed by atoms with E-state index in [2.05, 4.69) is 27.4 Å². The van der Waals surface area contributed by atoms with Crippen LogP contribution in [-0.4, -0.2) is 81.7 Å². The van der Waals surface area contributed by atoms with E-state index in [1.54, 1.807) is 15.7 Å². The number of likely N-dealkylation sites (tertiary alicyclic amines) is 2. The average Bonchev–Trinajstić information content (AvgIpc) is 3.21. The molecule has 10 heteroatoms. The molecule has 2 N–H and O–H groups in total. The fourth-order valence-electron chi connectivity index (χ4n) is 5.70. The Balaban J connectivity index is 1.23. The number of urea groups is 1. The number of hydrogen-bond acceptors (Lipinski definition) is 5. The van der Waals surface area contributed by atoms with Crippen LogP contribution >= 0.6 is 0 Å². The van der Waals surface area contributed by atoms with Gasteiger partial charge in [-0.25, -0.2) is 14.6 Å². The highest BCUT2D eigenvalue weighted by atomic mass is 16.5. The molecule has 202 valence electrons. The maximum Gasteiger partial charge on any atom is 0.327 e. The van der Waals surface area contributed by atoms with Crippen LogP contribution in [0, 0.1) is 0 Å². The number of carbonyl (C=O) groups is 2. The Kier molecular flexibility index (Phi) is 8.07. The molecule has 0 aliphatic carbocycles. The lowest BCUT2D eigenvalue weighted by Crippen LogP contribution is -2.53. The minimum atomic E-state index is -0.571. The second-order valence-electron chi connectivity index (χ2n) is 10.1. The van der Waals surface area contributed by atoms with E-state index in [0.717, 1.165) is 11.9 Å². The first kappa shape index (κ1) is 26.0. The predicted molar refractivity (Wildman–Crippen MR) is 144 cm³/mol. The van der Waals surface area contributed by atoms with Gasteiger partial charge < -0.3 is 19.9 Å². The normalized spacial score (nSPS) is 21.0. The minimum Gasteiger partial charge on any atom is -0.380 e. The van der Waals surface area contributed by atoms with Gasteiger partial charge in [0.25, 0.3) is 0 Å². The molecule has 2 aliphatic heterocycles. The molecule has 4 heterocycles. The van der Waals surface area contributed by atoms with E-state index in [4.69, 9.17) is 4.74 Å². The summed E-state index contributed by atoms with van der Waals surface area (Å²) in [5.41, 5.74) is 2.39. The third-order valence-electron chi connectivity index (χ3n) is 7.74. The van der Waals surface area contributed by atoms with Gasteiger partial charge in [-0.15, -0.1) is 0 Å². The lowest BCUT2D eigenvalue weighted by molar-refractivity contribution is -0.133. The van der Waals surface area contributed by atoms with Gasteiger partial charge >= 0.3 is 11.7 Å². The van der Waals surface area contributed by atoms with Crippen LogP contribution in [0.25, 0.3) is 11.2 Å². The van der Waals surface area contributed by atoms with Crippen molar-refractivity contribution in [1.82, 2.24) is 29.7 Å². The number of imidazole rings is 1. The van der Waals surface area contributed by atoms with Crippen molar-refractivity contribution in [2.45, 2.75) is 50.6 Å². The molecule has 10 nitrogen and oxygen atoms in total. The van der Waals surface area contributed by atoms with Crippen LogP contribution in [0.1, 0.15) is 50.1 Å². The van der Waals surface area contributed by atoms with Gasteiger partial charge in [-0.1, -0.05) is 30.3 Å². The standard InChI is InChI=1S/C28H36N6O4/c1-2-38-18-17-33-19-21(20-7-4-3-5-8-20)10-11-23(26(33)35)30-27(36)32-15-12-22(13-16-32)34-24-9-6-14-29-25(24)31-28(34)37/h3-9,14,21-23H,2,10-13,15-19H2,1H3,(H,30,36)(H,29,31,37). The number of aromatic amines is 1. The topological polar surface area (TPSA) is 113 Å². The number of rotatable bonds is 7. The summed E-state index contributed by atoms with van der Waals surface area (Å²) in [6.45, 7) is 5.15. The molecule has 38 heavy (non-hydrogen) atoms. The second-order valence-corrected chi connectivity index (χ2v) is 10.1. The molecule has 2 aliphatic rings. The second kappa shape index (κ2) is 11.8. The molecule has 0 saturated carbocycles. The first-order valence-electron chi connectivity index (χ1n) is 13.6. The number of fused-ring (bicyclic) bond motifs is 1. The fraction of sp³-hybridized carbons (Fsp3) is 0.500. The van der Waals surface area contributed by atoms with Crippen LogP contribution in [0.4, 0.5) is 4.79 Å². The molecule has 0 bridgehead atoms. The molecule has 0 spiro atoms. The van der Waals surface area contributed by atoms with Crippen molar-refractivity contribution < 1.29 is 14.3 Å². The van der Waals surface area contributed by atoms with E-state index < -0.39 is 6.04 Å². The Bertz CT molecular complexity index is 1300. The maximum absolute atomic E-state index is 13.5. The number of piperidine rings is 1. The molecule has 2 unspecified atom stereocenters. The molecule has 2 aromatic heterocycles. The fourth-order valence-corrected chi connectivity index (χ4v) is 5.70. The van der Waals surface area contributed by atoms with Gasteiger partial charge in [0.05, 0.1) is 12.1 Å². The summed E-state index contributed by atoms with van der Waals surface area (Å²) < 4.78 is 7.29. The average molecular weight is 521 g/mol. The van der Waals surface area contributed by atoms with Crippen molar-refractivity contribution in [2.75, 3.05) is 39.4 Å². The third-order valence-corrected chi connectivity index (χ3v) is 7.74. The maximum atomic E-state index is 13.5. The highest BCUT2D eigenvalue weighted by Crippen LogP contribution is 2.28. The number of carbonyl (C=O) groups excluding carboxylic acids is 2. The summed E-state index contributed by atoms with van der Waals surface area (Å²) >= 11 is 0. The van der Waals surface area contributed by atoms with E-state index in [1.807, 2.05) is 42.2 Å². The first-order valence-corrected chi connectivity index (χ1v) is 13.6. The Morgan fingerprint density at radius 3 is 2.63 bits per heavy atom. The smallest absolute Gasteiger partial charge is 0.327 e. The Hall–Kier alpha value is -3.66. The molecular weight excluding hydrogens is 484 g/mol. The zero-order valence-corrected chi connectivity index (χ0v) is 21.8. The first-order chi connectivity index (χ1) is 18.5. The van der Waals surface area contributed by atoms with Gasteiger partial charge in [0, 0.05) is 50.9 Å². The molecule has 5 rings (SSSR count). The Morgan fingerprint density at radius 2 is 1.87 bits per heavy atom. The van der Waals surface area contributed by atoms with Crippen LogP contribution in [0.3, 0.4) is 0 Å². The molecule has 1 aromatic carbocycles. The zero-order valence-electron chi connectivity index (χ0n) is 21.8. The molecular formula is C28H36N6O4. The lowest BCUT2D eigenvalue weighted by atomic mass is 9.94. The van der Waals surface area contributed by atoms with Crippen LogP contribution in [0.5, 0.6) is 0 Å². The number of ether oxygens (including phenoxy) is 1. The van der Waals surface area contributed by atoms with Crippen molar-refractivity contribution in [3.63, 3.8) is 0 Å². The van der Waals surface area contributed by atoms with Crippen LogP contribution < -0.4 is 11.0 Å². The van der Waals surface area contributed by atoms with Crippen LogP contribution in [0.15, 0.2) is 53.5 Å². The zero-order chi connectivity index (χ0) is 26.5. The largest absolute Gasteiger partial charge is 0.380 e. The predicted octanol–water partition coefficient (Wildman–Crippen LogP) is 2.88. The quantitative estimate of drug-likeness (QED) is 0.465. The number of H-pyrrole nitrogens is 1. The Labute approximate surface area is 222 Å². The molecule has 2 fully saturated rings. The highest BCUT2D eigenvalue weighted by molar-refractivity contribution is 5.87. The summed E-state index contributed by atoms with van der Waals surface area (Å²) in [4.78, 5) is 50.0. The number of benzene rings is 1. The van der Waals surface area contributed by atoms with Crippen molar-refractivity contribution in [3.8, 4) is 0 Å². The van der Waals surface area contributed by atoms with Crippen molar-refractivity contribution in [3.05, 3.63) is 64.7 Å². The van der Waals surface area contributed by atoms with Crippen LogP contribution in [-0.2, 0) is 9.53 Å². The van der Waals surface area contributed by atoms with Crippen LogP contribution in [0.2, 0.25) is 0 Å². The van der Waals surface area contributed by atoms with Crippen molar-refractivity contribution in [1.29, 1.82) is 0 Å². The number of hydrogen-bond donors (Lipinski definition) is 2. The molecule has 2 atom stereocenters. The summed E-state index contributed by atoms with van der Waals surface area (Å²) in [6.07, 6.45) is 4.37. The van der Waals surface area contributed by atoms with Gasteiger partial charge in [0.2, 0.25) is 5.91 Å². The van der Waals surface area contributed by atoms with E-state index in [1.165, 1.54) is 5.56 Å². The lowest BCUT2D eigenvalue weighted by Gasteiger charge is -2.34. The number of aromatic nitrogens is 3. The van der Waals surface area contributed by atoms with Gasteiger partial charge in [0.1, 0.15) is 6.04 Å². The van der Waals surface area contributed by atoms with E-state index in [9.17, 15) is 14.4 Å². The van der Waals surface area contributed by atoms with Gasteiger partial charge in [-0.3, -0.25) is 14.3 Å². The monoisotopic (exact) mass is 520 g/mol. The summed E-state index contributed by atoms with van der Waals surface area (Å²) in [7, 11) is 0. The SMILES string of the molecule is CCOCCN1CC(c2ccccc2)CCC(NC(=O)N2CCC(n3c(=O)[nH]c4ncccc43)CC2)C1=O. The summed E-state index contributed by atoms with van der Waals surface area (Å²) in [5.74, 6) is 0.160. The van der Waals surface area contributed by atoms with Gasteiger partial charge in [-0.05, 0) is 50.3 Å². The number of pyridine rings is 1. The number of nitrogens with one attached hydrogen (secondary N) is 2. The molecule has 2 saturated heterocycles. The van der Waals surface area contributed by atoms with Crippen molar-refractivity contribution in [2.24, 2.45) is 0 Å². The molecule has 3 amide bonds. The van der Waals surface area contributed by atoms with Gasteiger partial charge in [-0.2, -0.15) is 0 Å². The number of amides is 3. The molecule has 0 radical (unpaired) electrons. The number of nitrogens with zero attached hydrogens (tertiary/aromatic N) is 4. The van der Waals surface area contributed by atoms with Crippen molar-refractivity contribution >= 4 is 23.1 Å². The van der Waals surface area contributed by atoms with Gasteiger partial charge in [0.15, 0.2) is 5.65 Å². The minimum absolute atomic E-state index is 0.00954. The van der Waals surface area contributed by atoms with E-state index >= 15 is 0 Å². The highest BCUT2D eigenvalue weighted by Gasteiger charge is 2.34. The Morgan fingerprint density at radius 1 is 1.08 bits per heavy atom. The molecule has 3 aromatic rings. The summed E-state index contributed by atoms with van der Waals surface area (Å²) in [5, 5.41) is 3.03.